The molecule has 0 amide bonds. The van der Waals surface area contributed by atoms with Gasteiger partial charge in [-0.1, -0.05) is 32.5 Å². The standard InChI is InChI=1S/C10H13NOS/c1-10(2,3)9(12)13-8-4-6-11-7-5-8/h4-7H,1-3H3. The highest BCUT2D eigenvalue weighted by Crippen LogP contribution is 2.28. The Kier molecular flexibility index (Phi) is 3.09. The van der Waals surface area contributed by atoms with Crippen LogP contribution in [0.15, 0.2) is 29.4 Å². The lowest BCUT2D eigenvalue weighted by molar-refractivity contribution is -0.117. The van der Waals surface area contributed by atoms with E-state index in [1.165, 1.54) is 11.8 Å². The van der Waals surface area contributed by atoms with E-state index in [2.05, 4.69) is 4.98 Å². The number of carbonyl (C=O) groups is 1. The van der Waals surface area contributed by atoms with Crippen molar-refractivity contribution in [2.75, 3.05) is 0 Å². The Bertz CT molecular complexity index is 290. The molecule has 70 valence electrons. The van der Waals surface area contributed by atoms with Crippen LogP contribution >= 0.6 is 11.8 Å². The minimum Gasteiger partial charge on any atom is -0.286 e. The molecule has 0 N–H and O–H groups in total. The van der Waals surface area contributed by atoms with Crippen LogP contribution in [0.25, 0.3) is 0 Å². The molecule has 0 aliphatic rings. The van der Waals surface area contributed by atoms with Crippen molar-refractivity contribution in [2.24, 2.45) is 5.41 Å². The van der Waals surface area contributed by atoms with Gasteiger partial charge in [0.15, 0.2) is 5.12 Å². The van der Waals surface area contributed by atoms with Crippen molar-refractivity contribution in [2.45, 2.75) is 25.7 Å². The highest BCUT2D eigenvalue weighted by Gasteiger charge is 2.21. The number of carbonyl (C=O) groups excluding carboxylic acids is 1. The molecule has 0 saturated carbocycles. The minimum absolute atomic E-state index is 0.179. The number of pyridine rings is 1. The quantitative estimate of drug-likeness (QED) is 0.645. The molecule has 1 rings (SSSR count). The summed E-state index contributed by atoms with van der Waals surface area (Å²) in [6.07, 6.45) is 3.39. The summed E-state index contributed by atoms with van der Waals surface area (Å²) in [5, 5.41) is 0.179. The van der Waals surface area contributed by atoms with Crippen LogP contribution in [0.5, 0.6) is 0 Å². The predicted octanol–water partition coefficient (Wildman–Crippen LogP) is 2.75. The van der Waals surface area contributed by atoms with Crippen LogP contribution in [0.2, 0.25) is 0 Å². The topological polar surface area (TPSA) is 30.0 Å². The lowest BCUT2D eigenvalue weighted by atomic mass is 10.00. The summed E-state index contributed by atoms with van der Waals surface area (Å²) in [5.41, 5.74) is -0.284. The van der Waals surface area contributed by atoms with Gasteiger partial charge in [0.05, 0.1) is 0 Å². The second kappa shape index (κ2) is 3.92. The third kappa shape index (κ3) is 3.19. The molecule has 0 bridgehead atoms. The molecule has 0 unspecified atom stereocenters. The first-order chi connectivity index (χ1) is 6.00. The van der Waals surface area contributed by atoms with Crippen LogP contribution in [0, 0.1) is 5.41 Å². The van der Waals surface area contributed by atoms with Gasteiger partial charge in [0.25, 0.3) is 0 Å². The van der Waals surface area contributed by atoms with E-state index in [4.69, 9.17) is 0 Å². The molecule has 3 heteroatoms. The number of hydrogen-bond acceptors (Lipinski definition) is 3. The fourth-order valence-electron chi connectivity index (χ4n) is 0.666. The zero-order valence-electron chi connectivity index (χ0n) is 8.07. The Morgan fingerprint density at radius 1 is 1.31 bits per heavy atom. The molecule has 1 aromatic heterocycles. The van der Waals surface area contributed by atoms with Crippen molar-refractivity contribution in [3.05, 3.63) is 24.5 Å². The van der Waals surface area contributed by atoms with E-state index in [0.29, 0.717) is 0 Å². The average Bonchev–Trinajstić information content (AvgIpc) is 2.04. The molecule has 0 saturated heterocycles. The van der Waals surface area contributed by atoms with E-state index in [9.17, 15) is 4.79 Å². The van der Waals surface area contributed by atoms with E-state index in [1.54, 1.807) is 12.4 Å². The van der Waals surface area contributed by atoms with Crippen LogP contribution in [0.1, 0.15) is 20.8 Å². The first kappa shape index (κ1) is 10.3. The van der Waals surface area contributed by atoms with Gasteiger partial charge in [0.2, 0.25) is 0 Å². The summed E-state index contributed by atoms with van der Waals surface area (Å²) >= 11 is 1.27. The minimum atomic E-state index is -0.284. The van der Waals surface area contributed by atoms with Gasteiger partial charge in [-0.2, -0.15) is 0 Å². The second-order valence-electron chi connectivity index (χ2n) is 3.82. The fourth-order valence-corrected chi connectivity index (χ4v) is 1.44. The van der Waals surface area contributed by atoms with Crippen LogP contribution < -0.4 is 0 Å². The van der Waals surface area contributed by atoms with Crippen LogP contribution in [0.4, 0.5) is 0 Å². The van der Waals surface area contributed by atoms with Crippen molar-refractivity contribution in [1.29, 1.82) is 0 Å². The summed E-state index contributed by atoms with van der Waals surface area (Å²) in [5.74, 6) is 0. The van der Waals surface area contributed by atoms with Gasteiger partial charge in [0.1, 0.15) is 0 Å². The molecule has 0 aliphatic heterocycles. The molecular weight excluding hydrogens is 182 g/mol. The molecule has 2 nitrogen and oxygen atoms in total. The molecule has 0 atom stereocenters. The molecule has 1 aromatic rings. The summed E-state index contributed by atoms with van der Waals surface area (Å²) in [7, 11) is 0. The third-order valence-corrected chi connectivity index (χ3v) is 2.78. The molecule has 0 fully saturated rings. The average molecular weight is 195 g/mol. The first-order valence-corrected chi connectivity index (χ1v) is 4.94. The Morgan fingerprint density at radius 3 is 2.31 bits per heavy atom. The SMILES string of the molecule is CC(C)(C)C(=O)Sc1ccncc1. The van der Waals surface area contributed by atoms with E-state index in [-0.39, 0.29) is 10.5 Å². The van der Waals surface area contributed by atoms with Gasteiger partial charge in [0, 0.05) is 22.7 Å². The van der Waals surface area contributed by atoms with Gasteiger partial charge >= 0.3 is 0 Å². The maximum Gasteiger partial charge on any atom is 0.198 e. The van der Waals surface area contributed by atoms with Gasteiger partial charge in [-0.15, -0.1) is 0 Å². The Morgan fingerprint density at radius 2 is 1.85 bits per heavy atom. The number of rotatable bonds is 1. The lowest BCUT2D eigenvalue weighted by Crippen LogP contribution is -2.16. The summed E-state index contributed by atoms with van der Waals surface area (Å²) in [6.45, 7) is 5.76. The zero-order valence-corrected chi connectivity index (χ0v) is 8.89. The molecule has 0 radical (unpaired) electrons. The van der Waals surface area contributed by atoms with Gasteiger partial charge in [-0.05, 0) is 12.1 Å². The molecule has 1 heterocycles. The first-order valence-electron chi connectivity index (χ1n) is 4.12. The summed E-state index contributed by atoms with van der Waals surface area (Å²) in [6, 6.07) is 3.68. The number of aromatic nitrogens is 1. The van der Waals surface area contributed by atoms with Crippen molar-refractivity contribution < 1.29 is 4.79 Å². The molecule has 0 aromatic carbocycles. The molecular formula is C10H13NOS. The summed E-state index contributed by atoms with van der Waals surface area (Å²) in [4.78, 5) is 16.4. The Labute approximate surface area is 82.8 Å². The van der Waals surface area contributed by atoms with E-state index >= 15 is 0 Å². The van der Waals surface area contributed by atoms with Crippen molar-refractivity contribution in [1.82, 2.24) is 4.98 Å². The third-order valence-electron chi connectivity index (χ3n) is 1.47. The van der Waals surface area contributed by atoms with E-state index < -0.39 is 0 Å². The van der Waals surface area contributed by atoms with Crippen LogP contribution in [-0.4, -0.2) is 10.1 Å². The maximum atomic E-state index is 11.6. The number of hydrogen-bond donors (Lipinski definition) is 0. The molecule has 13 heavy (non-hydrogen) atoms. The van der Waals surface area contributed by atoms with Crippen molar-refractivity contribution in [3.8, 4) is 0 Å². The van der Waals surface area contributed by atoms with E-state index in [1.807, 2.05) is 32.9 Å². The van der Waals surface area contributed by atoms with Crippen molar-refractivity contribution in [3.63, 3.8) is 0 Å². The fraction of sp³-hybridized carbons (Fsp3) is 0.400. The van der Waals surface area contributed by atoms with Gasteiger partial charge < -0.3 is 0 Å². The Hall–Kier alpha value is -0.830. The van der Waals surface area contributed by atoms with Crippen molar-refractivity contribution >= 4 is 16.9 Å². The lowest BCUT2D eigenvalue weighted by Gasteiger charge is -2.15. The number of thioether (sulfide) groups is 1. The zero-order chi connectivity index (χ0) is 9.90. The normalized spacial score (nSPS) is 11.3. The molecule has 0 spiro atoms. The number of nitrogens with zero attached hydrogens (tertiary/aromatic N) is 1. The summed E-state index contributed by atoms with van der Waals surface area (Å²) < 4.78 is 0. The van der Waals surface area contributed by atoms with Gasteiger partial charge in [-0.3, -0.25) is 9.78 Å². The predicted molar refractivity (Wildman–Crippen MR) is 54.6 cm³/mol. The second-order valence-corrected chi connectivity index (χ2v) is 4.87. The molecule has 0 aliphatic carbocycles. The largest absolute Gasteiger partial charge is 0.286 e. The van der Waals surface area contributed by atoms with E-state index in [0.717, 1.165) is 4.90 Å². The van der Waals surface area contributed by atoms with Crippen LogP contribution in [0.3, 0.4) is 0 Å². The monoisotopic (exact) mass is 195 g/mol. The highest BCUT2D eigenvalue weighted by atomic mass is 32.2. The van der Waals surface area contributed by atoms with Gasteiger partial charge in [-0.25, -0.2) is 0 Å². The van der Waals surface area contributed by atoms with Crippen LogP contribution in [-0.2, 0) is 4.79 Å². The maximum absolute atomic E-state index is 11.6. The smallest absolute Gasteiger partial charge is 0.198 e. The Balaban J connectivity index is 2.66. The highest BCUT2D eigenvalue weighted by molar-refractivity contribution is 8.13.